The van der Waals surface area contributed by atoms with Gasteiger partial charge in [0.1, 0.15) is 0 Å². The Morgan fingerprint density at radius 2 is 1.53 bits per heavy atom. The number of rotatable bonds is 3. The monoisotopic (exact) mass is 478 g/mol. The van der Waals surface area contributed by atoms with Crippen LogP contribution in [0.3, 0.4) is 0 Å². The minimum absolute atomic E-state index is 0.150. The van der Waals surface area contributed by atoms with Crippen molar-refractivity contribution in [1.29, 1.82) is 0 Å². The van der Waals surface area contributed by atoms with Crippen molar-refractivity contribution in [3.63, 3.8) is 0 Å². The lowest BCUT2D eigenvalue weighted by molar-refractivity contribution is -0.171. The van der Waals surface area contributed by atoms with Crippen molar-refractivity contribution in [2.75, 3.05) is 0 Å². The van der Waals surface area contributed by atoms with E-state index in [1.165, 1.54) is 0 Å². The number of allylic oxidation sites excluding steroid dienone is 1. The van der Waals surface area contributed by atoms with Gasteiger partial charge < -0.3 is 15.3 Å². The molecule has 0 saturated heterocycles. The summed E-state index contributed by atoms with van der Waals surface area (Å²) in [5.41, 5.74) is 0.566. The van der Waals surface area contributed by atoms with Gasteiger partial charge in [0.2, 0.25) is 0 Å². The topological polar surface area (TPSA) is 60.7 Å². The van der Waals surface area contributed by atoms with Gasteiger partial charge in [0.25, 0.3) is 0 Å². The van der Waals surface area contributed by atoms with Crippen molar-refractivity contribution in [3.8, 4) is 0 Å². The summed E-state index contributed by atoms with van der Waals surface area (Å²) in [6, 6.07) is 0. The molecule has 8 atom stereocenters. The molecule has 0 radical (unpaired) electrons. The van der Waals surface area contributed by atoms with Crippen molar-refractivity contribution in [2.24, 2.45) is 28.6 Å². The van der Waals surface area contributed by atoms with E-state index >= 15 is 0 Å². The number of fused-ring (bicyclic) bond motifs is 5. The molecule has 3 N–H and O–H groups in total. The van der Waals surface area contributed by atoms with Crippen molar-refractivity contribution in [1.82, 2.24) is 0 Å². The van der Waals surface area contributed by atoms with E-state index in [-0.39, 0.29) is 21.6 Å². The largest absolute Gasteiger partial charge is 0.393 e. The fraction of sp³-hybridized carbons (Fsp3) is 0.926. The highest BCUT2D eigenvalue weighted by Crippen LogP contribution is 2.76. The average Bonchev–Trinajstić information content (AvgIpc) is 2.92. The second kappa shape index (κ2) is 7.28. The maximum absolute atomic E-state index is 11.6. The molecule has 5 heteroatoms. The molecular formula is C27H50O3Si2. The van der Waals surface area contributed by atoms with Crippen molar-refractivity contribution in [3.05, 3.63) is 11.6 Å². The standard InChI is InChI=1S/C27H50O3Si2/c1-18(28)26(30)15-13-22-21-11-10-19-16-20(29)17-27(31(4,5)6,32(7,8)9)25(19,3)23(21)12-14-24(22,26)2/h10,18,20-23,28-30H,11-17H2,1-9H3/t18?,20-,21+,22+,23+,24+,25+,26+/m1/s1. The van der Waals surface area contributed by atoms with Crippen LogP contribution in [0.15, 0.2) is 11.6 Å². The lowest BCUT2D eigenvalue weighted by Crippen LogP contribution is -2.69. The Hall–Kier alpha value is 0.0538. The molecule has 1 unspecified atom stereocenters. The van der Waals surface area contributed by atoms with E-state index in [9.17, 15) is 15.3 Å². The molecule has 3 nitrogen and oxygen atoms in total. The number of aliphatic hydroxyl groups excluding tert-OH is 2. The predicted molar refractivity (Wildman–Crippen MR) is 139 cm³/mol. The first-order valence-electron chi connectivity index (χ1n) is 13.3. The fourth-order valence-corrected chi connectivity index (χ4v) is 25.4. The second-order valence-corrected chi connectivity index (χ2v) is 25.8. The van der Waals surface area contributed by atoms with Gasteiger partial charge in [0, 0.05) is 21.6 Å². The number of hydrogen-bond acceptors (Lipinski definition) is 3. The molecular weight excluding hydrogens is 428 g/mol. The summed E-state index contributed by atoms with van der Waals surface area (Å²) in [4.78, 5) is 0. The molecule has 0 heterocycles. The van der Waals surface area contributed by atoms with E-state index in [1.807, 2.05) is 0 Å². The summed E-state index contributed by atoms with van der Waals surface area (Å²) in [5, 5.41) is 33.4. The third kappa shape index (κ3) is 2.87. The maximum atomic E-state index is 11.6. The van der Waals surface area contributed by atoms with Gasteiger partial charge in [-0.05, 0) is 79.7 Å². The first-order valence-corrected chi connectivity index (χ1v) is 20.3. The lowest BCUT2D eigenvalue weighted by Gasteiger charge is -2.71. The van der Waals surface area contributed by atoms with Gasteiger partial charge in [-0.15, -0.1) is 0 Å². The minimum atomic E-state index is -1.67. The summed E-state index contributed by atoms with van der Waals surface area (Å²) in [7, 11) is -3.34. The van der Waals surface area contributed by atoms with Crippen LogP contribution in [0, 0.1) is 28.6 Å². The van der Waals surface area contributed by atoms with Crippen LogP contribution in [0.1, 0.15) is 65.7 Å². The molecule has 0 bridgehead atoms. The Kier molecular flexibility index (Phi) is 5.73. The van der Waals surface area contributed by atoms with Gasteiger partial charge in [-0.2, -0.15) is 0 Å². The Labute approximate surface area is 199 Å². The predicted octanol–water partition coefficient (Wildman–Crippen LogP) is 5.99. The van der Waals surface area contributed by atoms with Crippen LogP contribution in [0.25, 0.3) is 0 Å². The van der Waals surface area contributed by atoms with Gasteiger partial charge >= 0.3 is 0 Å². The Morgan fingerprint density at radius 1 is 0.969 bits per heavy atom. The highest BCUT2D eigenvalue weighted by Gasteiger charge is 2.72. The summed E-state index contributed by atoms with van der Waals surface area (Å²) in [5.74, 6) is 1.68. The molecule has 0 aromatic rings. The molecule has 0 spiro atoms. The van der Waals surface area contributed by atoms with Gasteiger partial charge in [-0.1, -0.05) is 64.8 Å². The average molecular weight is 479 g/mol. The van der Waals surface area contributed by atoms with E-state index in [4.69, 9.17) is 0 Å². The zero-order valence-electron chi connectivity index (χ0n) is 22.3. The zero-order valence-corrected chi connectivity index (χ0v) is 24.3. The van der Waals surface area contributed by atoms with Gasteiger partial charge in [-0.25, -0.2) is 0 Å². The molecule has 4 aliphatic rings. The van der Waals surface area contributed by atoms with Gasteiger partial charge in [-0.3, -0.25) is 0 Å². The second-order valence-electron chi connectivity index (χ2n) is 14.6. The zero-order chi connectivity index (χ0) is 24.1. The van der Waals surface area contributed by atoms with Crippen LogP contribution in [-0.4, -0.2) is 49.3 Å². The van der Waals surface area contributed by atoms with E-state index < -0.39 is 27.9 Å². The van der Waals surface area contributed by atoms with Crippen molar-refractivity contribution >= 4 is 16.1 Å². The highest BCUT2D eigenvalue weighted by atomic mass is 28.4. The number of aliphatic hydroxyl groups is 3. The third-order valence-corrected chi connectivity index (χ3v) is 22.9. The molecule has 32 heavy (non-hydrogen) atoms. The molecule has 0 aliphatic heterocycles. The summed E-state index contributed by atoms with van der Waals surface area (Å²) in [6.07, 6.45) is 8.52. The Morgan fingerprint density at radius 3 is 2.06 bits per heavy atom. The molecule has 0 aromatic carbocycles. The summed E-state index contributed by atoms with van der Waals surface area (Å²) >= 11 is 0. The van der Waals surface area contributed by atoms with E-state index in [1.54, 1.807) is 12.5 Å². The van der Waals surface area contributed by atoms with E-state index in [2.05, 4.69) is 59.2 Å². The molecule has 0 amide bonds. The van der Waals surface area contributed by atoms with Crippen LogP contribution >= 0.6 is 0 Å². The first kappa shape index (κ1) is 25.2. The highest BCUT2D eigenvalue weighted by molar-refractivity contribution is 6.99. The van der Waals surface area contributed by atoms with Crippen molar-refractivity contribution in [2.45, 2.75) is 127 Å². The molecule has 0 aromatic heterocycles. The Bertz CT molecular complexity index is 780. The number of hydrogen-bond donors (Lipinski definition) is 3. The molecule has 184 valence electrons. The third-order valence-electron chi connectivity index (χ3n) is 11.8. The lowest BCUT2D eigenvalue weighted by atomic mass is 9.46. The van der Waals surface area contributed by atoms with Crippen LogP contribution in [-0.2, 0) is 0 Å². The van der Waals surface area contributed by atoms with E-state index in [0.717, 1.165) is 44.9 Å². The normalized spacial score (nSPS) is 47.2. The van der Waals surface area contributed by atoms with Crippen LogP contribution < -0.4 is 0 Å². The summed E-state index contributed by atoms with van der Waals surface area (Å²) < 4.78 is 0.243. The summed E-state index contributed by atoms with van der Waals surface area (Å²) in [6.45, 7) is 22.1. The Balaban J connectivity index is 1.88. The molecule has 3 fully saturated rings. The smallest absolute Gasteiger partial charge is 0.0958 e. The van der Waals surface area contributed by atoms with Crippen LogP contribution in [0.5, 0.6) is 0 Å². The molecule has 4 aliphatic carbocycles. The fourth-order valence-electron chi connectivity index (χ4n) is 10.9. The van der Waals surface area contributed by atoms with Gasteiger partial charge in [0.15, 0.2) is 0 Å². The van der Waals surface area contributed by atoms with Gasteiger partial charge in [0.05, 0.1) is 17.8 Å². The van der Waals surface area contributed by atoms with E-state index in [0.29, 0.717) is 17.8 Å². The maximum Gasteiger partial charge on any atom is 0.0958 e. The SMILES string of the molecule is CC(O)[C@@]1(O)CC[C@H]2[C@@H]3CC=C4C[C@@H](O)CC([Si](C)(C)C)([Si](C)(C)C)[C@]4(C)[C@H]3CC[C@@]21C. The molecule has 4 rings (SSSR count). The first-order chi connectivity index (χ1) is 14.5. The van der Waals surface area contributed by atoms with Crippen LogP contribution in [0.2, 0.25) is 43.9 Å². The van der Waals surface area contributed by atoms with Crippen molar-refractivity contribution < 1.29 is 15.3 Å². The molecule has 3 saturated carbocycles. The minimum Gasteiger partial charge on any atom is -0.393 e. The van der Waals surface area contributed by atoms with Crippen LogP contribution in [0.4, 0.5) is 0 Å². The quantitative estimate of drug-likeness (QED) is 0.345.